The molecule has 1 atom stereocenters. The molecule has 1 aliphatic rings. The number of anilines is 1. The zero-order valence-corrected chi connectivity index (χ0v) is 10.5. The summed E-state index contributed by atoms with van der Waals surface area (Å²) >= 11 is 1.82. The highest BCUT2D eigenvalue weighted by atomic mass is 32.1. The van der Waals surface area contributed by atoms with Crippen molar-refractivity contribution < 1.29 is 4.39 Å². The molecule has 0 fully saturated rings. The van der Waals surface area contributed by atoms with E-state index < -0.39 is 0 Å². The van der Waals surface area contributed by atoms with E-state index in [4.69, 9.17) is 0 Å². The summed E-state index contributed by atoms with van der Waals surface area (Å²) in [6.45, 7) is 2.16. The average molecular weight is 247 g/mol. The van der Waals surface area contributed by atoms with E-state index in [9.17, 15) is 4.39 Å². The fraction of sp³-hybridized carbons (Fsp3) is 0.286. The Morgan fingerprint density at radius 2 is 2.24 bits per heavy atom. The van der Waals surface area contributed by atoms with Crippen molar-refractivity contribution in [2.24, 2.45) is 0 Å². The van der Waals surface area contributed by atoms with Crippen LogP contribution in [0.3, 0.4) is 0 Å². The molecule has 1 nitrogen and oxygen atoms in total. The normalized spacial score (nSPS) is 17.9. The van der Waals surface area contributed by atoms with Gasteiger partial charge in [0.05, 0.1) is 11.7 Å². The largest absolute Gasteiger partial charge is 0.374 e. The van der Waals surface area contributed by atoms with E-state index in [-0.39, 0.29) is 11.9 Å². The van der Waals surface area contributed by atoms with E-state index >= 15 is 0 Å². The lowest BCUT2D eigenvalue weighted by Crippen LogP contribution is -2.03. The number of thiophene rings is 1. The fourth-order valence-electron chi connectivity index (χ4n) is 2.29. The molecule has 0 radical (unpaired) electrons. The summed E-state index contributed by atoms with van der Waals surface area (Å²) in [6, 6.07) is 9.86. The van der Waals surface area contributed by atoms with E-state index in [2.05, 4.69) is 24.4 Å². The van der Waals surface area contributed by atoms with E-state index in [1.54, 1.807) is 6.07 Å². The van der Waals surface area contributed by atoms with Crippen LogP contribution in [0, 0.1) is 5.82 Å². The second kappa shape index (κ2) is 4.15. The van der Waals surface area contributed by atoms with Crippen molar-refractivity contribution in [2.75, 3.05) is 5.32 Å². The molecule has 1 aromatic heterocycles. The highest BCUT2D eigenvalue weighted by Crippen LogP contribution is 2.38. The maximum absolute atomic E-state index is 13.6. The molecular weight excluding hydrogens is 233 g/mol. The van der Waals surface area contributed by atoms with Crippen LogP contribution in [0.15, 0.2) is 30.3 Å². The van der Waals surface area contributed by atoms with Crippen molar-refractivity contribution in [3.8, 4) is 0 Å². The minimum absolute atomic E-state index is 0.141. The van der Waals surface area contributed by atoms with Gasteiger partial charge in [0.15, 0.2) is 0 Å². The Balaban J connectivity index is 1.88. The number of aryl methyl sites for hydroxylation is 1. The third-order valence-corrected chi connectivity index (χ3v) is 4.56. The Labute approximate surface area is 104 Å². The third kappa shape index (κ3) is 1.84. The first-order valence-corrected chi connectivity index (χ1v) is 6.72. The Hall–Kier alpha value is -1.35. The van der Waals surface area contributed by atoms with Crippen LogP contribution in [-0.4, -0.2) is 0 Å². The van der Waals surface area contributed by atoms with Crippen LogP contribution >= 0.6 is 11.3 Å². The Morgan fingerprint density at radius 1 is 1.35 bits per heavy atom. The molecule has 0 bridgehead atoms. The van der Waals surface area contributed by atoms with Crippen LogP contribution in [0.25, 0.3) is 0 Å². The van der Waals surface area contributed by atoms with Gasteiger partial charge in [0.1, 0.15) is 5.82 Å². The Kier molecular flexibility index (Phi) is 2.63. The SMILES string of the molecule is CCc1ccc(C2Cc3cccc(F)c3N2)s1. The zero-order chi connectivity index (χ0) is 11.8. The molecule has 1 aliphatic heterocycles. The molecule has 17 heavy (non-hydrogen) atoms. The molecule has 1 aromatic carbocycles. The summed E-state index contributed by atoms with van der Waals surface area (Å²) in [6.07, 6.45) is 1.95. The lowest BCUT2D eigenvalue weighted by molar-refractivity contribution is 0.631. The van der Waals surface area contributed by atoms with E-state index in [1.807, 2.05) is 17.4 Å². The van der Waals surface area contributed by atoms with Gasteiger partial charge in [-0.05, 0) is 36.6 Å². The smallest absolute Gasteiger partial charge is 0.146 e. The molecule has 0 aliphatic carbocycles. The van der Waals surface area contributed by atoms with Gasteiger partial charge in [-0.25, -0.2) is 4.39 Å². The van der Waals surface area contributed by atoms with Crippen LogP contribution < -0.4 is 5.32 Å². The van der Waals surface area contributed by atoms with Crippen molar-refractivity contribution in [1.29, 1.82) is 0 Å². The molecule has 1 N–H and O–H groups in total. The second-order valence-corrected chi connectivity index (χ2v) is 5.53. The molecule has 0 spiro atoms. The fourth-order valence-corrected chi connectivity index (χ4v) is 3.29. The van der Waals surface area contributed by atoms with E-state index in [0.717, 1.165) is 18.4 Å². The van der Waals surface area contributed by atoms with Gasteiger partial charge in [0.2, 0.25) is 0 Å². The summed E-state index contributed by atoms with van der Waals surface area (Å²) in [4.78, 5) is 2.69. The number of nitrogens with one attached hydrogen (secondary N) is 1. The number of para-hydroxylation sites is 1. The lowest BCUT2D eigenvalue weighted by Gasteiger charge is -2.08. The first-order chi connectivity index (χ1) is 8.28. The molecule has 88 valence electrons. The van der Waals surface area contributed by atoms with Gasteiger partial charge in [0.25, 0.3) is 0 Å². The maximum atomic E-state index is 13.6. The first-order valence-electron chi connectivity index (χ1n) is 5.90. The standard InChI is InChI=1S/C14H14FNS/c1-2-10-6-7-13(17-10)12-8-9-4-3-5-11(15)14(9)16-12/h3-7,12,16H,2,8H2,1H3. The first kappa shape index (κ1) is 10.8. The summed E-state index contributed by atoms with van der Waals surface area (Å²) in [5.41, 5.74) is 1.77. The predicted molar refractivity (Wildman–Crippen MR) is 70.2 cm³/mol. The molecule has 0 amide bonds. The summed E-state index contributed by atoms with van der Waals surface area (Å²) in [5, 5.41) is 3.29. The van der Waals surface area contributed by atoms with Gasteiger partial charge in [-0.2, -0.15) is 0 Å². The molecule has 1 unspecified atom stereocenters. The molecule has 0 saturated heterocycles. The molecular formula is C14H14FNS. The number of hydrogen-bond donors (Lipinski definition) is 1. The number of fused-ring (bicyclic) bond motifs is 1. The van der Waals surface area contributed by atoms with Gasteiger partial charge in [-0.15, -0.1) is 11.3 Å². The van der Waals surface area contributed by atoms with Crippen LogP contribution in [0.2, 0.25) is 0 Å². The predicted octanol–water partition coefficient (Wildman–Crippen LogP) is 4.16. The molecule has 2 aromatic rings. The maximum Gasteiger partial charge on any atom is 0.146 e. The van der Waals surface area contributed by atoms with Crippen molar-refractivity contribution in [2.45, 2.75) is 25.8 Å². The van der Waals surface area contributed by atoms with E-state index in [0.29, 0.717) is 5.69 Å². The topological polar surface area (TPSA) is 12.0 Å². The number of rotatable bonds is 2. The Bertz CT molecular complexity index is 547. The van der Waals surface area contributed by atoms with Gasteiger partial charge in [-0.1, -0.05) is 19.1 Å². The van der Waals surface area contributed by atoms with Gasteiger partial charge < -0.3 is 5.32 Å². The van der Waals surface area contributed by atoms with Crippen LogP contribution in [-0.2, 0) is 12.8 Å². The second-order valence-electron chi connectivity index (χ2n) is 4.33. The summed E-state index contributed by atoms with van der Waals surface area (Å²) < 4.78 is 13.6. The van der Waals surface area contributed by atoms with Crippen molar-refractivity contribution >= 4 is 17.0 Å². The molecule has 3 heteroatoms. The third-order valence-electron chi connectivity index (χ3n) is 3.22. The molecule has 3 rings (SSSR count). The van der Waals surface area contributed by atoms with E-state index in [1.165, 1.54) is 15.8 Å². The van der Waals surface area contributed by atoms with Gasteiger partial charge in [0, 0.05) is 9.75 Å². The quantitative estimate of drug-likeness (QED) is 0.840. The molecule has 2 heterocycles. The monoisotopic (exact) mass is 247 g/mol. The lowest BCUT2D eigenvalue weighted by atomic mass is 10.1. The van der Waals surface area contributed by atoms with Crippen molar-refractivity contribution in [1.82, 2.24) is 0 Å². The van der Waals surface area contributed by atoms with Crippen molar-refractivity contribution in [3.05, 3.63) is 51.5 Å². The van der Waals surface area contributed by atoms with Crippen LogP contribution in [0.5, 0.6) is 0 Å². The number of halogens is 1. The number of benzene rings is 1. The summed E-state index contributed by atoms with van der Waals surface area (Å²) in [5.74, 6) is -0.141. The average Bonchev–Trinajstić information content (AvgIpc) is 2.95. The highest BCUT2D eigenvalue weighted by Gasteiger charge is 2.25. The van der Waals surface area contributed by atoms with Gasteiger partial charge >= 0.3 is 0 Å². The Morgan fingerprint density at radius 3 is 2.94 bits per heavy atom. The van der Waals surface area contributed by atoms with Crippen molar-refractivity contribution in [3.63, 3.8) is 0 Å². The number of hydrogen-bond acceptors (Lipinski definition) is 2. The van der Waals surface area contributed by atoms with Crippen LogP contribution in [0.1, 0.15) is 28.3 Å². The summed E-state index contributed by atoms with van der Waals surface area (Å²) in [7, 11) is 0. The van der Waals surface area contributed by atoms with Crippen LogP contribution in [0.4, 0.5) is 10.1 Å². The zero-order valence-electron chi connectivity index (χ0n) is 9.66. The molecule has 0 saturated carbocycles. The minimum Gasteiger partial charge on any atom is -0.374 e. The highest BCUT2D eigenvalue weighted by molar-refractivity contribution is 7.12. The van der Waals surface area contributed by atoms with Gasteiger partial charge in [-0.3, -0.25) is 0 Å². The minimum atomic E-state index is -0.141.